The molecule has 0 aliphatic heterocycles. The number of hydrogen-bond acceptors (Lipinski definition) is 3. The minimum Gasteiger partial charge on any atom is -0.480 e. The van der Waals surface area contributed by atoms with E-state index in [0.29, 0.717) is 11.7 Å². The van der Waals surface area contributed by atoms with Crippen LogP contribution in [-0.2, 0) is 17.8 Å². The number of nitrogen functional groups attached to an aromatic ring is 1. The summed E-state index contributed by atoms with van der Waals surface area (Å²) >= 11 is 0. The van der Waals surface area contributed by atoms with Crippen molar-refractivity contribution in [3.8, 4) is 0 Å². The van der Waals surface area contributed by atoms with Crippen LogP contribution < -0.4 is 5.73 Å². The fourth-order valence-electron chi connectivity index (χ4n) is 1.26. The van der Waals surface area contributed by atoms with E-state index in [1.165, 1.54) is 4.68 Å². The number of carboxylic acids is 1. The summed E-state index contributed by atoms with van der Waals surface area (Å²) < 4.78 is 1.31. The van der Waals surface area contributed by atoms with Crippen molar-refractivity contribution in [2.45, 2.75) is 26.8 Å². The summed E-state index contributed by atoms with van der Waals surface area (Å²) in [7, 11) is 0. The van der Waals surface area contributed by atoms with E-state index in [0.717, 1.165) is 12.1 Å². The molecule has 0 bridgehead atoms. The summed E-state index contributed by atoms with van der Waals surface area (Å²) in [4.78, 5) is 10.4. The molecular weight excluding hydrogens is 182 g/mol. The van der Waals surface area contributed by atoms with Crippen molar-refractivity contribution >= 4 is 11.8 Å². The van der Waals surface area contributed by atoms with Gasteiger partial charge in [-0.1, -0.05) is 13.8 Å². The minimum absolute atomic E-state index is 0.177. The molecule has 0 aliphatic rings. The van der Waals surface area contributed by atoms with Crippen molar-refractivity contribution in [2.24, 2.45) is 5.92 Å². The van der Waals surface area contributed by atoms with Gasteiger partial charge in [0.25, 0.3) is 0 Å². The Labute approximate surface area is 82.5 Å². The van der Waals surface area contributed by atoms with E-state index >= 15 is 0 Å². The van der Waals surface area contributed by atoms with Gasteiger partial charge < -0.3 is 10.8 Å². The summed E-state index contributed by atoms with van der Waals surface area (Å²) in [5.41, 5.74) is 6.45. The highest BCUT2D eigenvalue weighted by atomic mass is 16.4. The molecule has 0 atom stereocenters. The van der Waals surface area contributed by atoms with Gasteiger partial charge >= 0.3 is 5.97 Å². The molecule has 0 fully saturated rings. The third-order valence-electron chi connectivity index (χ3n) is 1.76. The highest BCUT2D eigenvalue weighted by Crippen LogP contribution is 2.10. The van der Waals surface area contributed by atoms with E-state index < -0.39 is 5.97 Å². The number of aromatic nitrogens is 2. The molecule has 5 heteroatoms. The average molecular weight is 197 g/mol. The van der Waals surface area contributed by atoms with Gasteiger partial charge in [-0.15, -0.1) is 0 Å². The topological polar surface area (TPSA) is 81.1 Å². The molecule has 0 aliphatic carbocycles. The fraction of sp³-hybridized carbons (Fsp3) is 0.556. The zero-order valence-corrected chi connectivity index (χ0v) is 8.40. The highest BCUT2D eigenvalue weighted by Gasteiger charge is 2.08. The standard InChI is InChI=1S/C9H15N3O2/c1-6(2)3-7-4-8(10)12(11-7)5-9(13)14/h4,6H,3,5,10H2,1-2H3,(H,13,14). The molecule has 78 valence electrons. The molecule has 0 aromatic carbocycles. The molecule has 3 N–H and O–H groups in total. The SMILES string of the molecule is CC(C)Cc1cc(N)n(CC(=O)O)n1. The number of nitrogens with two attached hydrogens (primary N) is 1. The van der Waals surface area contributed by atoms with Crippen LogP contribution in [-0.4, -0.2) is 20.9 Å². The Balaban J connectivity index is 2.76. The van der Waals surface area contributed by atoms with Crippen molar-refractivity contribution < 1.29 is 9.90 Å². The molecule has 0 spiro atoms. The highest BCUT2D eigenvalue weighted by molar-refractivity contribution is 5.67. The molecule has 1 aromatic heterocycles. The van der Waals surface area contributed by atoms with E-state index in [-0.39, 0.29) is 6.54 Å². The second kappa shape index (κ2) is 4.13. The molecular formula is C9H15N3O2. The van der Waals surface area contributed by atoms with Gasteiger partial charge in [0.15, 0.2) is 0 Å². The van der Waals surface area contributed by atoms with Gasteiger partial charge in [-0.3, -0.25) is 4.79 Å². The molecule has 1 heterocycles. The lowest BCUT2D eigenvalue weighted by Crippen LogP contribution is -2.12. The molecule has 0 radical (unpaired) electrons. The lowest BCUT2D eigenvalue weighted by atomic mass is 10.1. The molecule has 1 rings (SSSR count). The van der Waals surface area contributed by atoms with E-state index in [2.05, 4.69) is 18.9 Å². The van der Waals surface area contributed by atoms with Crippen LogP contribution in [0.2, 0.25) is 0 Å². The summed E-state index contributed by atoms with van der Waals surface area (Å²) in [6.45, 7) is 3.97. The first-order valence-corrected chi connectivity index (χ1v) is 4.53. The predicted molar refractivity (Wildman–Crippen MR) is 52.8 cm³/mol. The zero-order valence-electron chi connectivity index (χ0n) is 8.40. The first kappa shape index (κ1) is 10.6. The van der Waals surface area contributed by atoms with Gasteiger partial charge in [0.1, 0.15) is 12.4 Å². The largest absolute Gasteiger partial charge is 0.480 e. The van der Waals surface area contributed by atoms with Crippen LogP contribution in [0.5, 0.6) is 0 Å². The normalized spacial score (nSPS) is 10.8. The summed E-state index contributed by atoms with van der Waals surface area (Å²) in [6.07, 6.45) is 0.816. The van der Waals surface area contributed by atoms with Crippen LogP contribution in [0.3, 0.4) is 0 Å². The first-order chi connectivity index (χ1) is 6.49. The Bertz CT molecular complexity index is 331. The maximum atomic E-state index is 10.4. The fourth-order valence-corrected chi connectivity index (χ4v) is 1.26. The summed E-state index contributed by atoms with van der Waals surface area (Å²) in [5.74, 6) is -0.0403. The molecule has 1 aromatic rings. The van der Waals surface area contributed by atoms with E-state index in [9.17, 15) is 4.79 Å². The van der Waals surface area contributed by atoms with Crippen molar-refractivity contribution in [1.82, 2.24) is 9.78 Å². The van der Waals surface area contributed by atoms with Crippen molar-refractivity contribution in [3.05, 3.63) is 11.8 Å². The van der Waals surface area contributed by atoms with Gasteiger partial charge in [-0.2, -0.15) is 5.10 Å². The van der Waals surface area contributed by atoms with Gasteiger partial charge in [-0.05, 0) is 12.3 Å². The van der Waals surface area contributed by atoms with Gasteiger partial charge in [0.2, 0.25) is 0 Å². The van der Waals surface area contributed by atoms with Crippen molar-refractivity contribution in [3.63, 3.8) is 0 Å². The van der Waals surface area contributed by atoms with E-state index in [1.807, 2.05) is 0 Å². The van der Waals surface area contributed by atoms with Crippen LogP contribution in [0.25, 0.3) is 0 Å². The number of carbonyl (C=O) groups is 1. The van der Waals surface area contributed by atoms with Crippen LogP contribution in [0.1, 0.15) is 19.5 Å². The molecule has 14 heavy (non-hydrogen) atoms. The van der Waals surface area contributed by atoms with E-state index in [4.69, 9.17) is 10.8 Å². The van der Waals surface area contributed by atoms with Gasteiger partial charge in [0.05, 0.1) is 5.69 Å². The molecule has 0 saturated heterocycles. The second-order valence-corrected chi connectivity index (χ2v) is 3.71. The number of aliphatic carboxylic acids is 1. The minimum atomic E-state index is -0.934. The molecule has 5 nitrogen and oxygen atoms in total. The summed E-state index contributed by atoms with van der Waals surface area (Å²) in [6, 6.07) is 1.73. The smallest absolute Gasteiger partial charge is 0.325 e. The molecule has 0 amide bonds. The average Bonchev–Trinajstić information content (AvgIpc) is 2.28. The monoisotopic (exact) mass is 197 g/mol. The Morgan fingerprint density at radius 3 is 2.86 bits per heavy atom. The van der Waals surface area contributed by atoms with Crippen LogP contribution >= 0.6 is 0 Å². The number of hydrogen-bond donors (Lipinski definition) is 2. The lowest BCUT2D eigenvalue weighted by Gasteiger charge is -2.00. The van der Waals surface area contributed by atoms with Crippen molar-refractivity contribution in [1.29, 1.82) is 0 Å². The summed E-state index contributed by atoms with van der Waals surface area (Å²) in [5, 5.41) is 12.7. The maximum absolute atomic E-state index is 10.4. The maximum Gasteiger partial charge on any atom is 0.325 e. The van der Waals surface area contributed by atoms with Gasteiger partial charge in [-0.25, -0.2) is 4.68 Å². The van der Waals surface area contributed by atoms with Crippen molar-refractivity contribution in [2.75, 3.05) is 5.73 Å². The van der Waals surface area contributed by atoms with Crippen LogP contribution in [0.15, 0.2) is 6.07 Å². The number of carboxylic acid groups (broad SMARTS) is 1. The van der Waals surface area contributed by atoms with E-state index in [1.54, 1.807) is 6.07 Å². The third kappa shape index (κ3) is 2.76. The number of rotatable bonds is 4. The Kier molecular flexibility index (Phi) is 3.11. The Morgan fingerprint density at radius 1 is 1.71 bits per heavy atom. The Morgan fingerprint density at radius 2 is 2.36 bits per heavy atom. The number of anilines is 1. The quantitative estimate of drug-likeness (QED) is 0.746. The van der Waals surface area contributed by atoms with Gasteiger partial charge in [0, 0.05) is 6.07 Å². The second-order valence-electron chi connectivity index (χ2n) is 3.71. The first-order valence-electron chi connectivity index (χ1n) is 4.53. The Hall–Kier alpha value is -1.52. The predicted octanol–water partition coefficient (Wildman–Crippen LogP) is 0.748. The van der Waals surface area contributed by atoms with Crippen LogP contribution in [0, 0.1) is 5.92 Å². The third-order valence-corrected chi connectivity index (χ3v) is 1.76. The lowest BCUT2D eigenvalue weighted by molar-refractivity contribution is -0.137. The zero-order chi connectivity index (χ0) is 10.7. The van der Waals surface area contributed by atoms with Crippen LogP contribution in [0.4, 0.5) is 5.82 Å². The number of nitrogens with zero attached hydrogens (tertiary/aromatic N) is 2. The molecule has 0 unspecified atom stereocenters. The molecule has 0 saturated carbocycles.